The summed E-state index contributed by atoms with van der Waals surface area (Å²) in [6.45, 7) is 9.46. The van der Waals surface area contributed by atoms with Crippen LogP contribution in [0.3, 0.4) is 0 Å². The van der Waals surface area contributed by atoms with E-state index in [0.717, 1.165) is 11.3 Å². The maximum absolute atomic E-state index is 13.4. The number of benzene rings is 3. The molecule has 40 heavy (non-hydrogen) atoms. The Kier molecular flexibility index (Phi) is 11.7. The minimum absolute atomic E-state index is 0.190. The molecule has 0 unspecified atom stereocenters. The summed E-state index contributed by atoms with van der Waals surface area (Å²) in [5.74, 6) is 0. The standard InChI is InChI=1S/C28H30N4O5S.C2H6/c1-5-17-31(32(28(34)37-20(2)3)24-10-8-9-21(18-24)19-29)27(33)30-23-15-13-22(14-16-23)25-11-6-7-12-26(25)38(4,35)36;1-2/h6-16,18,20H,5,17H2,1-4H3,(H,30,33);1-2H3. The van der Waals surface area contributed by atoms with Gasteiger partial charge in [-0.15, -0.1) is 0 Å². The van der Waals surface area contributed by atoms with E-state index in [0.29, 0.717) is 34.5 Å². The van der Waals surface area contributed by atoms with E-state index in [1.165, 1.54) is 11.1 Å². The second kappa shape index (κ2) is 14.7. The molecule has 0 aliphatic carbocycles. The molecule has 0 aliphatic heterocycles. The summed E-state index contributed by atoms with van der Waals surface area (Å²) in [6.07, 6.45) is 0.507. The van der Waals surface area contributed by atoms with Gasteiger partial charge in [0.05, 0.1) is 28.3 Å². The number of ether oxygens (including phenoxy) is 1. The summed E-state index contributed by atoms with van der Waals surface area (Å²) in [4.78, 5) is 26.7. The number of hydrogen-bond acceptors (Lipinski definition) is 6. The van der Waals surface area contributed by atoms with Gasteiger partial charge in [0, 0.05) is 24.1 Å². The number of anilines is 2. The highest BCUT2D eigenvalue weighted by molar-refractivity contribution is 7.90. The molecule has 0 spiro atoms. The smallest absolute Gasteiger partial charge is 0.434 e. The molecule has 9 nitrogen and oxygen atoms in total. The van der Waals surface area contributed by atoms with Gasteiger partial charge >= 0.3 is 12.1 Å². The zero-order valence-corrected chi connectivity index (χ0v) is 24.5. The highest BCUT2D eigenvalue weighted by Gasteiger charge is 2.29. The average Bonchev–Trinajstić information content (AvgIpc) is 2.93. The lowest BCUT2D eigenvalue weighted by Crippen LogP contribution is -2.52. The molecule has 10 heteroatoms. The number of amides is 3. The molecule has 3 rings (SSSR count). The molecule has 0 radical (unpaired) electrons. The number of hydrazine groups is 1. The zero-order valence-electron chi connectivity index (χ0n) is 23.7. The molecular weight excluding hydrogens is 528 g/mol. The number of carbonyl (C=O) groups excluding carboxylic acids is 2. The van der Waals surface area contributed by atoms with Gasteiger partial charge in [-0.25, -0.2) is 23.0 Å². The number of nitrogens with one attached hydrogen (secondary N) is 1. The van der Waals surface area contributed by atoms with Gasteiger partial charge in [0.25, 0.3) is 0 Å². The van der Waals surface area contributed by atoms with Crippen molar-refractivity contribution in [2.75, 3.05) is 23.1 Å². The van der Waals surface area contributed by atoms with E-state index in [9.17, 15) is 23.3 Å². The van der Waals surface area contributed by atoms with Gasteiger partial charge in [-0.1, -0.05) is 57.2 Å². The third-order valence-electron chi connectivity index (χ3n) is 5.37. The summed E-state index contributed by atoms with van der Waals surface area (Å²) in [7, 11) is -3.43. The van der Waals surface area contributed by atoms with Crippen molar-refractivity contribution in [1.29, 1.82) is 5.26 Å². The number of nitriles is 1. The Morgan fingerprint density at radius 3 is 2.23 bits per heavy atom. The van der Waals surface area contributed by atoms with Crippen molar-refractivity contribution in [3.63, 3.8) is 0 Å². The molecule has 0 bridgehead atoms. The SMILES string of the molecule is CC.CCCN(C(=O)Nc1ccc(-c2ccccc2S(C)(=O)=O)cc1)N(C(=O)OC(C)C)c1cccc(C#N)c1. The van der Waals surface area contributed by atoms with Crippen molar-refractivity contribution in [3.05, 3.63) is 78.4 Å². The fraction of sp³-hybridized carbons (Fsp3) is 0.300. The van der Waals surface area contributed by atoms with Crippen LogP contribution in [0.5, 0.6) is 0 Å². The molecule has 0 fully saturated rings. The minimum Gasteiger partial charge on any atom is -0.445 e. The van der Waals surface area contributed by atoms with Crippen molar-refractivity contribution in [1.82, 2.24) is 5.01 Å². The van der Waals surface area contributed by atoms with Crippen LogP contribution in [-0.4, -0.2) is 44.5 Å². The molecule has 3 aromatic carbocycles. The number of sulfone groups is 1. The monoisotopic (exact) mass is 564 g/mol. The largest absolute Gasteiger partial charge is 0.445 e. The normalized spacial score (nSPS) is 10.6. The number of carbonyl (C=O) groups is 2. The van der Waals surface area contributed by atoms with Gasteiger partial charge in [0.1, 0.15) is 0 Å². The van der Waals surface area contributed by atoms with E-state index in [1.54, 1.807) is 80.6 Å². The quantitative estimate of drug-likeness (QED) is 0.313. The number of urea groups is 1. The lowest BCUT2D eigenvalue weighted by atomic mass is 10.1. The second-order valence-electron chi connectivity index (χ2n) is 8.81. The Hall–Kier alpha value is -4.36. The van der Waals surface area contributed by atoms with E-state index >= 15 is 0 Å². The Labute approximate surface area is 236 Å². The van der Waals surface area contributed by atoms with Crippen LogP contribution in [0.25, 0.3) is 11.1 Å². The average molecular weight is 565 g/mol. The molecule has 0 aromatic heterocycles. The van der Waals surface area contributed by atoms with E-state index in [-0.39, 0.29) is 11.4 Å². The highest BCUT2D eigenvalue weighted by Crippen LogP contribution is 2.28. The molecule has 0 saturated heterocycles. The maximum Gasteiger partial charge on any atom is 0.434 e. The predicted octanol–water partition coefficient (Wildman–Crippen LogP) is 6.87. The zero-order chi connectivity index (χ0) is 29.9. The van der Waals surface area contributed by atoms with Gasteiger partial charge in [-0.3, -0.25) is 0 Å². The van der Waals surface area contributed by atoms with Crippen molar-refractivity contribution in [2.45, 2.75) is 52.0 Å². The van der Waals surface area contributed by atoms with Gasteiger partial charge < -0.3 is 10.1 Å². The Morgan fingerprint density at radius 1 is 1.00 bits per heavy atom. The minimum atomic E-state index is -3.43. The highest BCUT2D eigenvalue weighted by atomic mass is 32.2. The van der Waals surface area contributed by atoms with Crippen molar-refractivity contribution < 1.29 is 22.7 Å². The van der Waals surface area contributed by atoms with Crippen LogP contribution in [0.2, 0.25) is 0 Å². The predicted molar refractivity (Wildman–Crippen MR) is 158 cm³/mol. The molecule has 1 N–H and O–H groups in total. The van der Waals surface area contributed by atoms with Crippen LogP contribution >= 0.6 is 0 Å². The molecular formula is C30H36N4O5S. The summed E-state index contributed by atoms with van der Waals surface area (Å²) in [5.41, 5.74) is 2.31. The van der Waals surface area contributed by atoms with E-state index in [2.05, 4.69) is 5.32 Å². The Balaban J connectivity index is 0.00000274. The fourth-order valence-corrected chi connectivity index (χ4v) is 4.67. The third kappa shape index (κ3) is 8.32. The second-order valence-corrected chi connectivity index (χ2v) is 10.8. The molecule has 0 aliphatic rings. The number of rotatable bonds is 7. The van der Waals surface area contributed by atoms with Crippen LogP contribution in [0, 0.1) is 11.3 Å². The summed E-state index contributed by atoms with van der Waals surface area (Å²) in [6, 6.07) is 21.2. The first-order valence-electron chi connectivity index (χ1n) is 13.0. The summed E-state index contributed by atoms with van der Waals surface area (Å²) >= 11 is 0. The van der Waals surface area contributed by atoms with Crippen molar-refractivity contribution in [2.24, 2.45) is 0 Å². The molecule has 212 valence electrons. The van der Waals surface area contributed by atoms with Crippen LogP contribution in [0.1, 0.15) is 46.6 Å². The first-order chi connectivity index (χ1) is 19.0. The van der Waals surface area contributed by atoms with Crippen molar-refractivity contribution >= 4 is 33.3 Å². The van der Waals surface area contributed by atoms with Crippen LogP contribution < -0.4 is 10.3 Å². The maximum atomic E-state index is 13.4. The summed E-state index contributed by atoms with van der Waals surface area (Å²) in [5, 5.41) is 14.5. The third-order valence-corrected chi connectivity index (χ3v) is 6.53. The first-order valence-corrected chi connectivity index (χ1v) is 14.9. The Bertz CT molecular complexity index is 1450. The van der Waals surface area contributed by atoms with Gasteiger partial charge in [-0.05, 0) is 62.2 Å². The van der Waals surface area contributed by atoms with E-state index in [4.69, 9.17) is 4.74 Å². The molecule has 3 amide bonds. The lowest BCUT2D eigenvalue weighted by molar-refractivity contribution is 0.107. The molecule has 0 heterocycles. The lowest BCUT2D eigenvalue weighted by Gasteiger charge is -2.34. The number of nitrogens with zero attached hydrogens (tertiary/aromatic N) is 3. The van der Waals surface area contributed by atoms with Crippen LogP contribution in [0.4, 0.5) is 21.0 Å². The molecule has 3 aromatic rings. The Morgan fingerprint density at radius 2 is 1.65 bits per heavy atom. The van der Waals surface area contributed by atoms with E-state index in [1.807, 2.05) is 26.8 Å². The molecule has 0 atom stereocenters. The topological polar surface area (TPSA) is 120 Å². The fourth-order valence-electron chi connectivity index (χ4n) is 3.76. The summed E-state index contributed by atoms with van der Waals surface area (Å²) < 4.78 is 29.8. The van der Waals surface area contributed by atoms with Gasteiger partial charge in [0.2, 0.25) is 0 Å². The van der Waals surface area contributed by atoms with E-state index < -0.39 is 28.1 Å². The van der Waals surface area contributed by atoms with Gasteiger partial charge in [-0.2, -0.15) is 10.3 Å². The molecule has 0 saturated carbocycles. The first kappa shape index (κ1) is 31.9. The van der Waals surface area contributed by atoms with Gasteiger partial charge in [0.15, 0.2) is 9.84 Å². The number of hydrogen-bond donors (Lipinski definition) is 1. The van der Waals surface area contributed by atoms with Crippen LogP contribution in [-0.2, 0) is 14.6 Å². The van der Waals surface area contributed by atoms with Crippen LogP contribution in [0.15, 0.2) is 77.7 Å². The van der Waals surface area contributed by atoms with Crippen molar-refractivity contribution in [3.8, 4) is 17.2 Å².